The Morgan fingerprint density at radius 1 is 0.791 bits per heavy atom. The monoisotopic (exact) mass is 575 g/mol. The topological polar surface area (TPSA) is 17.0 Å². The Balaban J connectivity index is 1.58. The van der Waals surface area contributed by atoms with Crippen molar-refractivity contribution in [2.75, 3.05) is 0 Å². The van der Waals surface area contributed by atoms with Crippen LogP contribution in [0, 0.1) is 18.2 Å². The van der Waals surface area contributed by atoms with Gasteiger partial charge in [-0.2, -0.15) is 0 Å². The number of aryl methyl sites for hydroxylation is 2. The fourth-order valence-corrected chi connectivity index (χ4v) is 8.39. The van der Waals surface area contributed by atoms with Gasteiger partial charge in [0, 0.05) is 24.3 Å². The van der Waals surface area contributed by atoms with Crippen LogP contribution < -0.4 is 4.57 Å². The Morgan fingerprint density at radius 2 is 1.44 bits per heavy atom. The Kier molecular flexibility index (Phi) is 6.00. The van der Waals surface area contributed by atoms with Crippen molar-refractivity contribution in [1.82, 2.24) is 0 Å². The van der Waals surface area contributed by atoms with Crippen molar-refractivity contribution in [3.8, 4) is 22.4 Å². The van der Waals surface area contributed by atoms with Gasteiger partial charge in [-0.3, -0.25) is 0 Å². The van der Waals surface area contributed by atoms with Crippen LogP contribution in [-0.4, -0.2) is 0 Å². The van der Waals surface area contributed by atoms with Gasteiger partial charge in [-0.25, -0.2) is 8.96 Å². The molecule has 0 radical (unpaired) electrons. The summed E-state index contributed by atoms with van der Waals surface area (Å²) >= 11 is 0. The third-order valence-electron chi connectivity index (χ3n) is 12.0. The molecule has 0 aliphatic heterocycles. The van der Waals surface area contributed by atoms with Crippen molar-refractivity contribution < 1.29 is 14.7 Å². The number of fused-ring (bicyclic) bond motifs is 4. The van der Waals surface area contributed by atoms with Gasteiger partial charge in [0.15, 0.2) is 6.20 Å². The summed E-state index contributed by atoms with van der Waals surface area (Å²) in [5, 5.41) is 1.92. The van der Waals surface area contributed by atoms with Gasteiger partial charge in [-0.15, -0.1) is 0 Å². The van der Waals surface area contributed by atoms with E-state index in [1.165, 1.54) is 17.5 Å². The quantitative estimate of drug-likeness (QED) is 0.196. The van der Waals surface area contributed by atoms with Crippen LogP contribution in [0.2, 0.25) is 0 Å². The normalized spacial score (nSPS) is 20.3. The van der Waals surface area contributed by atoms with Gasteiger partial charge in [0.05, 0.1) is 11.1 Å². The Bertz CT molecular complexity index is 1970. The van der Waals surface area contributed by atoms with Crippen LogP contribution in [0.15, 0.2) is 65.2 Å². The van der Waals surface area contributed by atoms with Gasteiger partial charge in [0.25, 0.3) is 0 Å². The Hall–Kier alpha value is -3.46. The molecule has 3 heteroatoms. The van der Waals surface area contributed by atoms with Crippen molar-refractivity contribution in [2.45, 2.75) is 97.3 Å². The highest BCUT2D eigenvalue weighted by Crippen LogP contribution is 2.65. The molecule has 2 aliphatic rings. The molecule has 7 rings (SSSR count). The average molecular weight is 576 g/mol. The second-order valence-corrected chi connectivity index (χ2v) is 14.7. The van der Waals surface area contributed by atoms with Crippen molar-refractivity contribution in [3.63, 3.8) is 0 Å². The first-order valence-corrected chi connectivity index (χ1v) is 16.0. The summed E-state index contributed by atoms with van der Waals surface area (Å²) in [6, 6.07) is 18.2. The fraction of sp³-hybridized carbons (Fsp3) is 0.425. The molecule has 2 aliphatic carbocycles. The zero-order chi connectivity index (χ0) is 31.4. The second kappa shape index (κ2) is 9.52. The highest BCUT2D eigenvalue weighted by atomic mass is 19.1. The van der Waals surface area contributed by atoms with Crippen molar-refractivity contribution in [2.24, 2.45) is 12.5 Å². The van der Waals surface area contributed by atoms with E-state index in [0.29, 0.717) is 11.1 Å². The van der Waals surface area contributed by atoms with E-state index in [2.05, 4.69) is 83.4 Å². The maximum absolute atomic E-state index is 16.4. The lowest BCUT2D eigenvalue weighted by molar-refractivity contribution is -0.660. The van der Waals surface area contributed by atoms with Crippen LogP contribution in [0.5, 0.6) is 0 Å². The first-order valence-electron chi connectivity index (χ1n) is 16.5. The third kappa shape index (κ3) is 3.79. The summed E-state index contributed by atoms with van der Waals surface area (Å²) < 4.78 is 35.1. The summed E-state index contributed by atoms with van der Waals surface area (Å²) in [6.07, 6.45) is 7.17. The first-order chi connectivity index (χ1) is 20.7. The van der Waals surface area contributed by atoms with Gasteiger partial charge >= 0.3 is 0 Å². The molecule has 0 bridgehead atoms. The van der Waals surface area contributed by atoms with Crippen molar-refractivity contribution >= 4 is 21.9 Å². The van der Waals surface area contributed by atoms with E-state index in [9.17, 15) is 1.37 Å². The maximum atomic E-state index is 16.4. The minimum atomic E-state index is -0.615. The zero-order valence-corrected chi connectivity index (χ0v) is 27.0. The van der Waals surface area contributed by atoms with E-state index < -0.39 is 5.89 Å². The van der Waals surface area contributed by atoms with E-state index in [-0.39, 0.29) is 22.1 Å². The number of hydrogen-bond acceptors (Lipinski definition) is 1. The smallest absolute Gasteiger partial charge is 0.216 e. The summed E-state index contributed by atoms with van der Waals surface area (Å²) in [5.74, 6) is -0.887. The number of furan rings is 1. The summed E-state index contributed by atoms with van der Waals surface area (Å²) in [7, 11) is 2.04. The highest BCUT2D eigenvalue weighted by Gasteiger charge is 2.59. The lowest BCUT2D eigenvalue weighted by Crippen LogP contribution is -2.42. The molecule has 0 unspecified atom stereocenters. The standard InChI is InChI=1S/C40H45FNO/c1-24-17-18-27-28-21-22-30(41)33(37(28)43-36(27)32(24)31-16-12-13-23-42(31)8)29-20-19-26(25-14-10-9-11-15-25)34-35(29)39(4,5)40(6,7)38(34,2)3/h12-13,16-23,25H,9-11,14-15H2,1-8H3/q+1/i25D. The van der Waals surface area contributed by atoms with Gasteiger partial charge in [0.1, 0.15) is 24.0 Å². The van der Waals surface area contributed by atoms with Crippen molar-refractivity contribution in [3.05, 3.63) is 88.9 Å². The molecule has 0 saturated heterocycles. The van der Waals surface area contributed by atoms with E-state index in [4.69, 9.17) is 4.42 Å². The molecule has 0 atom stereocenters. The number of hydrogen-bond donors (Lipinski definition) is 0. The summed E-state index contributed by atoms with van der Waals surface area (Å²) in [5.41, 5.74) is 8.97. The second-order valence-electron chi connectivity index (χ2n) is 14.7. The SMILES string of the molecule is [2H]C1(c2ccc(-c3c(F)ccc4c3oc3c(-c5cccc[n+]5C)c(C)ccc34)c3c2C(C)(C)C(C)(C)C3(C)C)CCCCC1. The molecular weight excluding hydrogens is 529 g/mol. The number of pyridine rings is 1. The molecule has 5 aromatic rings. The largest absolute Gasteiger partial charge is 0.454 e. The molecule has 3 aromatic carbocycles. The summed E-state index contributed by atoms with van der Waals surface area (Å²) in [4.78, 5) is 0. The van der Waals surface area contributed by atoms with E-state index >= 15 is 4.39 Å². The molecule has 0 amide bonds. The Morgan fingerprint density at radius 3 is 2.14 bits per heavy atom. The predicted octanol–water partition coefficient (Wildman–Crippen LogP) is 10.8. The van der Waals surface area contributed by atoms with Gasteiger partial charge < -0.3 is 4.42 Å². The number of benzene rings is 3. The van der Waals surface area contributed by atoms with E-state index in [0.717, 1.165) is 70.0 Å². The fourth-order valence-electron chi connectivity index (χ4n) is 8.39. The molecular formula is C40H45FNO+. The maximum Gasteiger partial charge on any atom is 0.216 e. The lowest BCUT2D eigenvalue weighted by Gasteiger charge is -2.45. The first kappa shape index (κ1) is 27.1. The Labute approximate surface area is 257 Å². The predicted molar refractivity (Wildman–Crippen MR) is 176 cm³/mol. The average Bonchev–Trinajstić information content (AvgIpc) is 3.39. The van der Waals surface area contributed by atoms with Crippen LogP contribution in [0.3, 0.4) is 0 Å². The number of halogens is 1. The minimum Gasteiger partial charge on any atom is -0.454 e. The third-order valence-corrected chi connectivity index (χ3v) is 12.0. The minimum absolute atomic E-state index is 0.136. The molecule has 2 nitrogen and oxygen atoms in total. The van der Waals surface area contributed by atoms with Crippen LogP contribution in [-0.2, 0) is 17.9 Å². The van der Waals surface area contributed by atoms with Crippen LogP contribution in [0.4, 0.5) is 4.39 Å². The molecule has 1 saturated carbocycles. The van der Waals surface area contributed by atoms with Crippen LogP contribution in [0.25, 0.3) is 44.3 Å². The number of aromatic nitrogens is 1. The van der Waals surface area contributed by atoms with Gasteiger partial charge in [-0.05, 0) is 87.9 Å². The van der Waals surface area contributed by atoms with Crippen LogP contribution in [0.1, 0.15) is 103 Å². The molecule has 0 N–H and O–H groups in total. The molecule has 1 fully saturated rings. The van der Waals surface area contributed by atoms with Gasteiger partial charge in [-0.1, -0.05) is 85.1 Å². The zero-order valence-electron chi connectivity index (χ0n) is 28.0. The number of rotatable bonds is 3. The molecule has 0 spiro atoms. The lowest BCUT2D eigenvalue weighted by atomic mass is 9.59. The van der Waals surface area contributed by atoms with Gasteiger partial charge in [0.2, 0.25) is 5.69 Å². The number of nitrogens with zero attached hydrogens (tertiary/aromatic N) is 1. The van der Waals surface area contributed by atoms with E-state index in [1.54, 1.807) is 6.07 Å². The molecule has 2 aromatic heterocycles. The van der Waals surface area contributed by atoms with Crippen molar-refractivity contribution in [1.29, 1.82) is 0 Å². The van der Waals surface area contributed by atoms with E-state index in [1.807, 2.05) is 31.4 Å². The molecule has 2 heterocycles. The van der Waals surface area contributed by atoms with Crippen LogP contribution >= 0.6 is 0 Å². The molecule has 222 valence electrons. The summed E-state index contributed by atoms with van der Waals surface area (Å²) in [6.45, 7) is 16.1. The highest BCUT2D eigenvalue weighted by molar-refractivity contribution is 6.13. The molecule has 43 heavy (non-hydrogen) atoms.